The summed E-state index contributed by atoms with van der Waals surface area (Å²) in [6.45, 7) is 0.323. The van der Waals surface area contributed by atoms with Crippen LogP contribution < -0.4 is 10.1 Å². The number of nitrogens with one attached hydrogen (secondary N) is 1. The van der Waals surface area contributed by atoms with Crippen LogP contribution in [0, 0.1) is 5.82 Å². The number of sulfone groups is 1. The fourth-order valence-corrected chi connectivity index (χ4v) is 4.33. The molecular formula is C23H21FN2O5S. The molecule has 4 aromatic rings. The fraction of sp³-hybridized carbons (Fsp3) is 0.174. The van der Waals surface area contributed by atoms with Crippen molar-refractivity contribution >= 4 is 37.7 Å². The Balaban J connectivity index is 1.85. The Bertz CT molecular complexity index is 1430. The molecule has 0 atom stereocenters. The van der Waals surface area contributed by atoms with Crippen LogP contribution in [-0.2, 0) is 22.9 Å². The Labute approximate surface area is 184 Å². The molecule has 0 amide bonds. The third-order valence-corrected chi connectivity index (χ3v) is 5.86. The molecule has 1 aromatic heterocycles. The first-order chi connectivity index (χ1) is 15.2. The summed E-state index contributed by atoms with van der Waals surface area (Å²) in [6, 6.07) is 17.4. The van der Waals surface area contributed by atoms with Crippen molar-refractivity contribution in [1.82, 2.24) is 9.88 Å². The van der Waals surface area contributed by atoms with E-state index in [0.29, 0.717) is 16.5 Å². The van der Waals surface area contributed by atoms with Gasteiger partial charge in [0.05, 0.1) is 17.9 Å². The number of halogens is 1. The Kier molecular flexibility index (Phi) is 5.86. The number of para-hydroxylation sites is 1. The molecule has 0 saturated heterocycles. The number of hydrogen-bond donors (Lipinski definition) is 2. The molecule has 2 N–H and O–H groups in total. The summed E-state index contributed by atoms with van der Waals surface area (Å²) in [5.41, 5.74) is 2.03. The molecule has 0 aliphatic heterocycles. The molecule has 0 radical (unpaired) electrons. The minimum absolute atomic E-state index is 0.0906. The smallest absolute Gasteiger partial charge is 0.449 e. The van der Waals surface area contributed by atoms with E-state index in [1.165, 1.54) is 12.1 Å². The van der Waals surface area contributed by atoms with E-state index in [2.05, 4.69) is 5.32 Å². The first-order valence-corrected chi connectivity index (χ1v) is 11.9. The summed E-state index contributed by atoms with van der Waals surface area (Å²) in [6.07, 6.45) is -0.375. The summed E-state index contributed by atoms with van der Waals surface area (Å²) < 4.78 is 43.9. The van der Waals surface area contributed by atoms with Gasteiger partial charge in [-0.15, -0.1) is 0 Å². The SMILES string of the molecule is CS(=O)(=O)CNCc1c(OC(=O)O)n(Cc2cccc3ccc(F)cc23)c2ccccc12. The zero-order valence-corrected chi connectivity index (χ0v) is 18.0. The second-order valence-electron chi connectivity index (χ2n) is 7.53. The molecular weight excluding hydrogens is 435 g/mol. The molecule has 0 unspecified atom stereocenters. The molecule has 7 nitrogen and oxygen atoms in total. The van der Waals surface area contributed by atoms with Gasteiger partial charge in [-0.2, -0.15) is 0 Å². The van der Waals surface area contributed by atoms with Crippen molar-refractivity contribution < 1.29 is 27.4 Å². The lowest BCUT2D eigenvalue weighted by atomic mass is 10.0. The zero-order valence-electron chi connectivity index (χ0n) is 17.2. The van der Waals surface area contributed by atoms with Gasteiger partial charge < -0.3 is 14.4 Å². The number of fused-ring (bicyclic) bond motifs is 2. The van der Waals surface area contributed by atoms with Crippen molar-refractivity contribution in [2.24, 2.45) is 0 Å². The highest BCUT2D eigenvalue weighted by molar-refractivity contribution is 7.90. The molecule has 0 aliphatic carbocycles. The summed E-state index contributed by atoms with van der Waals surface area (Å²) in [4.78, 5) is 11.5. The van der Waals surface area contributed by atoms with Crippen LogP contribution in [0.5, 0.6) is 5.88 Å². The normalized spacial score (nSPS) is 11.8. The Morgan fingerprint density at radius 1 is 1.09 bits per heavy atom. The molecule has 0 bridgehead atoms. The van der Waals surface area contributed by atoms with Gasteiger partial charge in [0.1, 0.15) is 5.82 Å². The second kappa shape index (κ2) is 8.60. The highest BCUT2D eigenvalue weighted by Gasteiger charge is 2.21. The van der Waals surface area contributed by atoms with Crippen LogP contribution in [0.1, 0.15) is 11.1 Å². The summed E-state index contributed by atoms with van der Waals surface area (Å²) in [5.74, 6) is -0.537. The van der Waals surface area contributed by atoms with Crippen molar-refractivity contribution in [1.29, 1.82) is 0 Å². The first-order valence-electron chi connectivity index (χ1n) is 9.79. The van der Waals surface area contributed by atoms with E-state index in [9.17, 15) is 22.7 Å². The third-order valence-electron chi connectivity index (χ3n) is 5.14. The van der Waals surface area contributed by atoms with E-state index in [0.717, 1.165) is 22.6 Å². The lowest BCUT2D eigenvalue weighted by Crippen LogP contribution is -2.22. The van der Waals surface area contributed by atoms with Crippen molar-refractivity contribution in [3.8, 4) is 5.88 Å². The maximum Gasteiger partial charge on any atom is 0.512 e. The van der Waals surface area contributed by atoms with Crippen molar-refractivity contribution in [2.45, 2.75) is 13.1 Å². The van der Waals surface area contributed by atoms with E-state index in [4.69, 9.17) is 4.74 Å². The minimum Gasteiger partial charge on any atom is -0.449 e. The number of rotatable bonds is 7. The van der Waals surface area contributed by atoms with E-state index in [-0.39, 0.29) is 30.7 Å². The van der Waals surface area contributed by atoms with Crippen LogP contribution in [0.3, 0.4) is 0 Å². The third kappa shape index (κ3) is 4.58. The van der Waals surface area contributed by atoms with Crippen molar-refractivity contribution in [3.63, 3.8) is 0 Å². The molecule has 3 aromatic carbocycles. The van der Waals surface area contributed by atoms with E-state index < -0.39 is 16.0 Å². The van der Waals surface area contributed by atoms with E-state index in [1.807, 2.05) is 42.5 Å². The predicted molar refractivity (Wildman–Crippen MR) is 120 cm³/mol. The van der Waals surface area contributed by atoms with Crippen molar-refractivity contribution in [3.05, 3.63) is 77.6 Å². The minimum atomic E-state index is -3.26. The van der Waals surface area contributed by atoms with Gasteiger partial charge in [-0.3, -0.25) is 5.32 Å². The number of aromatic nitrogens is 1. The highest BCUT2D eigenvalue weighted by Crippen LogP contribution is 2.34. The lowest BCUT2D eigenvalue weighted by Gasteiger charge is -2.13. The number of carbonyl (C=O) groups is 1. The van der Waals surface area contributed by atoms with Crippen LogP contribution in [-0.4, -0.2) is 36.4 Å². The van der Waals surface area contributed by atoms with Crippen LogP contribution >= 0.6 is 0 Å². The van der Waals surface area contributed by atoms with Gasteiger partial charge in [0.25, 0.3) is 0 Å². The Morgan fingerprint density at radius 2 is 1.88 bits per heavy atom. The van der Waals surface area contributed by atoms with Gasteiger partial charge in [0.2, 0.25) is 5.88 Å². The lowest BCUT2D eigenvalue weighted by molar-refractivity contribution is 0.140. The summed E-state index contributed by atoms with van der Waals surface area (Å²) in [7, 11) is -3.26. The van der Waals surface area contributed by atoms with Gasteiger partial charge in [-0.25, -0.2) is 17.6 Å². The highest BCUT2D eigenvalue weighted by atomic mass is 32.2. The monoisotopic (exact) mass is 456 g/mol. The maximum absolute atomic E-state index is 13.9. The van der Waals surface area contributed by atoms with E-state index in [1.54, 1.807) is 10.6 Å². The number of ether oxygens (including phenoxy) is 1. The van der Waals surface area contributed by atoms with Gasteiger partial charge in [-0.1, -0.05) is 42.5 Å². The van der Waals surface area contributed by atoms with Crippen LogP contribution in [0.4, 0.5) is 9.18 Å². The Hall–Kier alpha value is -3.43. The molecule has 166 valence electrons. The topological polar surface area (TPSA) is 97.6 Å². The molecule has 4 rings (SSSR count). The first kappa shape index (κ1) is 21.8. The van der Waals surface area contributed by atoms with Gasteiger partial charge in [0.15, 0.2) is 9.84 Å². The zero-order chi connectivity index (χ0) is 22.9. The number of hydrogen-bond acceptors (Lipinski definition) is 5. The molecule has 0 saturated carbocycles. The Morgan fingerprint density at radius 3 is 2.62 bits per heavy atom. The number of nitrogens with zero attached hydrogens (tertiary/aromatic N) is 1. The fourth-order valence-electron chi connectivity index (χ4n) is 3.86. The average Bonchev–Trinajstić information content (AvgIpc) is 3.00. The second-order valence-corrected chi connectivity index (χ2v) is 9.67. The molecule has 0 aliphatic rings. The van der Waals surface area contributed by atoms with E-state index >= 15 is 0 Å². The van der Waals surface area contributed by atoms with Crippen molar-refractivity contribution in [2.75, 3.05) is 12.1 Å². The van der Waals surface area contributed by atoms with Gasteiger partial charge >= 0.3 is 6.16 Å². The molecule has 9 heteroatoms. The van der Waals surface area contributed by atoms with Crippen LogP contribution in [0.25, 0.3) is 21.7 Å². The summed E-state index contributed by atoms with van der Waals surface area (Å²) in [5, 5.41) is 14.5. The van der Waals surface area contributed by atoms with Crippen LogP contribution in [0.15, 0.2) is 60.7 Å². The maximum atomic E-state index is 13.9. The van der Waals surface area contributed by atoms with Crippen LogP contribution in [0.2, 0.25) is 0 Å². The molecule has 0 fully saturated rings. The number of carboxylic acid groups (broad SMARTS) is 1. The number of benzene rings is 3. The standard InChI is InChI=1S/C23H21FN2O5S/c1-32(29,30)14-25-12-20-18-7-2-3-8-21(18)26(22(20)31-23(27)28)13-16-6-4-5-15-9-10-17(24)11-19(15)16/h2-11,25H,12-14H2,1H3,(H,27,28). The molecule has 32 heavy (non-hydrogen) atoms. The van der Waals surface area contributed by atoms with Gasteiger partial charge in [-0.05, 0) is 34.5 Å². The van der Waals surface area contributed by atoms with Gasteiger partial charge in [0, 0.05) is 23.8 Å². The largest absolute Gasteiger partial charge is 0.512 e. The quantitative estimate of drug-likeness (QED) is 0.406. The molecule has 0 spiro atoms. The predicted octanol–water partition coefficient (Wildman–Crippen LogP) is 4.13. The average molecular weight is 456 g/mol. The molecule has 1 heterocycles. The summed E-state index contributed by atoms with van der Waals surface area (Å²) >= 11 is 0.